The Balaban J connectivity index is 3.09. The van der Waals surface area contributed by atoms with Crippen LogP contribution in [-0.4, -0.2) is 91.9 Å². The van der Waals surface area contributed by atoms with Crippen molar-refractivity contribution in [3.8, 4) is 0 Å². The first-order valence-corrected chi connectivity index (χ1v) is 11.9. The summed E-state index contributed by atoms with van der Waals surface area (Å²) in [6.45, 7) is 11.0. The van der Waals surface area contributed by atoms with Gasteiger partial charge >= 0.3 is 5.97 Å². The van der Waals surface area contributed by atoms with Crippen molar-refractivity contribution in [2.45, 2.75) is 58.8 Å². The van der Waals surface area contributed by atoms with Gasteiger partial charge in [-0.3, -0.25) is 4.79 Å². The molecule has 8 nitrogen and oxygen atoms in total. The number of rotatable bonds is 26. The van der Waals surface area contributed by atoms with Crippen LogP contribution in [0.15, 0.2) is 0 Å². The van der Waals surface area contributed by atoms with E-state index >= 15 is 0 Å². The molecule has 0 aromatic rings. The third kappa shape index (κ3) is 27.2. The second-order valence-corrected chi connectivity index (χ2v) is 7.00. The van der Waals surface area contributed by atoms with E-state index in [9.17, 15) is 4.79 Å². The highest BCUT2D eigenvalue weighted by Crippen LogP contribution is 2.07. The Morgan fingerprint density at radius 2 is 0.871 bits per heavy atom. The molecule has 186 valence electrons. The van der Waals surface area contributed by atoms with Gasteiger partial charge in [-0.05, 0) is 13.3 Å². The average Bonchev–Trinajstić information content (AvgIpc) is 2.77. The van der Waals surface area contributed by atoms with Gasteiger partial charge < -0.3 is 33.2 Å². The zero-order valence-corrected chi connectivity index (χ0v) is 19.9. The minimum absolute atomic E-state index is 0.134. The first-order valence-electron chi connectivity index (χ1n) is 11.9. The minimum atomic E-state index is -0.134. The number of ether oxygens (including phenoxy) is 7. The quantitative estimate of drug-likeness (QED) is 0.146. The lowest BCUT2D eigenvalue weighted by atomic mass is 10.1. The predicted octanol–water partition coefficient (Wildman–Crippen LogP) is 3.40. The van der Waals surface area contributed by atoms with Gasteiger partial charge in [0.1, 0.15) is 6.61 Å². The van der Waals surface area contributed by atoms with Crippen LogP contribution in [0.25, 0.3) is 0 Å². The van der Waals surface area contributed by atoms with Gasteiger partial charge in [0, 0.05) is 13.0 Å². The van der Waals surface area contributed by atoms with Gasteiger partial charge in [-0.2, -0.15) is 0 Å². The summed E-state index contributed by atoms with van der Waals surface area (Å²) in [6.07, 6.45) is 7.49. The molecule has 0 bridgehead atoms. The average molecular weight is 451 g/mol. The van der Waals surface area contributed by atoms with Crippen LogP contribution >= 0.6 is 0 Å². The Kier molecular flexibility index (Phi) is 26.6. The van der Waals surface area contributed by atoms with Gasteiger partial charge in [-0.1, -0.05) is 39.0 Å². The second-order valence-electron chi connectivity index (χ2n) is 7.00. The third-order valence-corrected chi connectivity index (χ3v) is 4.29. The van der Waals surface area contributed by atoms with Crippen LogP contribution in [0.5, 0.6) is 0 Å². The first kappa shape index (κ1) is 30.2. The molecule has 0 amide bonds. The molecule has 0 N–H and O–H groups in total. The van der Waals surface area contributed by atoms with Gasteiger partial charge in [0.2, 0.25) is 0 Å². The molecule has 0 aromatic carbocycles. The van der Waals surface area contributed by atoms with E-state index in [0.29, 0.717) is 92.3 Å². The summed E-state index contributed by atoms with van der Waals surface area (Å²) in [5.74, 6) is -0.134. The summed E-state index contributed by atoms with van der Waals surface area (Å²) in [5, 5.41) is 0. The van der Waals surface area contributed by atoms with Crippen molar-refractivity contribution in [1.29, 1.82) is 0 Å². The normalized spacial score (nSPS) is 11.2. The predicted molar refractivity (Wildman–Crippen MR) is 120 cm³/mol. The molecule has 0 spiro atoms. The molecule has 0 aliphatic rings. The maximum atomic E-state index is 11.6. The number of carbonyl (C=O) groups excluding carboxylic acids is 1. The number of unbranched alkanes of at least 4 members (excludes halogenated alkanes) is 5. The SMILES string of the molecule is CCCCCCCCC(=O)OCCOCCOCCOCCOCCOCCOCC. The van der Waals surface area contributed by atoms with Crippen molar-refractivity contribution in [2.75, 3.05) is 85.9 Å². The Labute approximate surface area is 189 Å². The molecule has 0 unspecified atom stereocenters. The molecular weight excluding hydrogens is 404 g/mol. The number of carbonyl (C=O) groups is 1. The van der Waals surface area contributed by atoms with E-state index < -0.39 is 0 Å². The Bertz CT molecular complexity index is 354. The summed E-state index contributed by atoms with van der Waals surface area (Å²) < 4.78 is 37.3. The van der Waals surface area contributed by atoms with Crippen LogP contribution in [0.3, 0.4) is 0 Å². The fourth-order valence-corrected chi connectivity index (χ4v) is 2.58. The lowest BCUT2D eigenvalue weighted by molar-refractivity contribution is -0.145. The Hall–Kier alpha value is -0.770. The largest absolute Gasteiger partial charge is 0.463 e. The molecule has 0 heterocycles. The summed E-state index contributed by atoms with van der Waals surface area (Å²) in [7, 11) is 0. The van der Waals surface area contributed by atoms with Crippen molar-refractivity contribution < 1.29 is 38.0 Å². The zero-order chi connectivity index (χ0) is 22.7. The summed E-state index contributed by atoms with van der Waals surface area (Å²) >= 11 is 0. The van der Waals surface area contributed by atoms with E-state index in [1.807, 2.05) is 6.92 Å². The maximum Gasteiger partial charge on any atom is 0.305 e. The molecule has 0 fully saturated rings. The summed E-state index contributed by atoms with van der Waals surface area (Å²) in [4.78, 5) is 11.6. The highest BCUT2D eigenvalue weighted by Gasteiger charge is 2.02. The topological polar surface area (TPSA) is 81.7 Å². The molecule has 0 aliphatic carbocycles. The van der Waals surface area contributed by atoms with Gasteiger partial charge in [0.25, 0.3) is 0 Å². The highest BCUT2D eigenvalue weighted by molar-refractivity contribution is 5.69. The molecule has 0 atom stereocenters. The number of hydrogen-bond acceptors (Lipinski definition) is 8. The van der Waals surface area contributed by atoms with Crippen molar-refractivity contribution >= 4 is 5.97 Å². The molecule has 31 heavy (non-hydrogen) atoms. The molecule has 8 heteroatoms. The smallest absolute Gasteiger partial charge is 0.305 e. The second kappa shape index (κ2) is 27.3. The van der Waals surface area contributed by atoms with E-state index in [1.165, 1.54) is 25.7 Å². The standard InChI is InChI=1S/C23H46O8/c1-3-5-6-7-8-9-10-23(24)31-22-21-30-20-19-29-18-17-28-16-15-27-14-13-26-12-11-25-4-2/h3-22H2,1-2H3. The molecular formula is C23H46O8. The van der Waals surface area contributed by atoms with E-state index in [2.05, 4.69) is 6.92 Å². The van der Waals surface area contributed by atoms with Gasteiger partial charge in [0.15, 0.2) is 0 Å². The first-order chi connectivity index (χ1) is 15.3. The number of esters is 1. The number of hydrogen-bond donors (Lipinski definition) is 0. The van der Waals surface area contributed by atoms with Gasteiger partial charge in [-0.25, -0.2) is 0 Å². The fraction of sp³-hybridized carbons (Fsp3) is 0.957. The maximum absolute atomic E-state index is 11.6. The van der Waals surface area contributed by atoms with Gasteiger partial charge in [-0.15, -0.1) is 0 Å². The molecule has 0 saturated heterocycles. The van der Waals surface area contributed by atoms with Gasteiger partial charge in [0.05, 0.1) is 72.7 Å². The summed E-state index contributed by atoms with van der Waals surface area (Å²) in [5.41, 5.74) is 0. The van der Waals surface area contributed by atoms with Crippen LogP contribution < -0.4 is 0 Å². The minimum Gasteiger partial charge on any atom is -0.463 e. The van der Waals surface area contributed by atoms with E-state index in [-0.39, 0.29) is 5.97 Å². The molecule has 0 aliphatic heterocycles. The zero-order valence-electron chi connectivity index (χ0n) is 19.9. The molecule has 0 saturated carbocycles. The van der Waals surface area contributed by atoms with Crippen LogP contribution in [0, 0.1) is 0 Å². The monoisotopic (exact) mass is 450 g/mol. The molecule has 0 rings (SSSR count). The lowest BCUT2D eigenvalue weighted by Gasteiger charge is -2.08. The van der Waals surface area contributed by atoms with Crippen molar-refractivity contribution in [2.24, 2.45) is 0 Å². The Morgan fingerprint density at radius 3 is 1.32 bits per heavy atom. The van der Waals surface area contributed by atoms with Crippen molar-refractivity contribution in [3.63, 3.8) is 0 Å². The van der Waals surface area contributed by atoms with Crippen LogP contribution in [-0.2, 0) is 38.0 Å². The lowest BCUT2D eigenvalue weighted by Crippen LogP contribution is -2.15. The van der Waals surface area contributed by atoms with Crippen molar-refractivity contribution in [3.05, 3.63) is 0 Å². The molecule has 0 aromatic heterocycles. The fourth-order valence-electron chi connectivity index (χ4n) is 2.58. The third-order valence-electron chi connectivity index (χ3n) is 4.29. The van der Waals surface area contributed by atoms with Crippen LogP contribution in [0.4, 0.5) is 0 Å². The summed E-state index contributed by atoms with van der Waals surface area (Å²) in [6, 6.07) is 0. The van der Waals surface area contributed by atoms with Crippen LogP contribution in [0.1, 0.15) is 58.8 Å². The van der Waals surface area contributed by atoms with E-state index in [0.717, 1.165) is 12.8 Å². The van der Waals surface area contributed by atoms with Crippen LogP contribution in [0.2, 0.25) is 0 Å². The molecule has 0 radical (unpaired) electrons. The highest BCUT2D eigenvalue weighted by atomic mass is 16.6. The van der Waals surface area contributed by atoms with Crippen molar-refractivity contribution in [1.82, 2.24) is 0 Å². The Morgan fingerprint density at radius 1 is 0.484 bits per heavy atom. The van der Waals surface area contributed by atoms with E-state index in [1.54, 1.807) is 0 Å². The van der Waals surface area contributed by atoms with E-state index in [4.69, 9.17) is 33.2 Å².